The van der Waals surface area contributed by atoms with E-state index in [0.717, 1.165) is 32.5 Å². The van der Waals surface area contributed by atoms with Gasteiger partial charge >= 0.3 is 0 Å². The fourth-order valence-electron chi connectivity index (χ4n) is 2.85. The van der Waals surface area contributed by atoms with Crippen LogP contribution >= 0.6 is 0 Å². The summed E-state index contributed by atoms with van der Waals surface area (Å²) in [5, 5.41) is 3.41. The molecule has 3 nitrogen and oxygen atoms in total. The number of fused-ring (bicyclic) bond motifs is 1. The second-order valence-electron chi connectivity index (χ2n) is 4.62. The van der Waals surface area contributed by atoms with Crippen molar-refractivity contribution in [1.29, 1.82) is 0 Å². The molecule has 2 rings (SSSR count). The van der Waals surface area contributed by atoms with Crippen LogP contribution in [0.3, 0.4) is 0 Å². The predicted molar refractivity (Wildman–Crippen MR) is 55.9 cm³/mol. The van der Waals surface area contributed by atoms with Gasteiger partial charge < -0.3 is 10.2 Å². The number of hydrogen-bond acceptors (Lipinski definition) is 2. The minimum atomic E-state index is 0.356. The monoisotopic (exact) mass is 196 g/mol. The Kier molecular flexibility index (Phi) is 2.77. The number of hydrogen-bond donors (Lipinski definition) is 1. The van der Waals surface area contributed by atoms with Crippen LogP contribution in [-0.4, -0.2) is 36.5 Å². The molecule has 2 fully saturated rings. The lowest BCUT2D eigenvalue weighted by atomic mass is 9.95. The molecule has 0 radical (unpaired) electrons. The molecule has 2 aliphatic heterocycles. The zero-order valence-electron chi connectivity index (χ0n) is 9.12. The third-order valence-corrected chi connectivity index (χ3v) is 3.72. The second kappa shape index (κ2) is 3.89. The fourth-order valence-corrected chi connectivity index (χ4v) is 2.85. The first-order valence-electron chi connectivity index (χ1n) is 5.74. The number of amides is 1. The van der Waals surface area contributed by atoms with E-state index in [-0.39, 0.29) is 0 Å². The van der Waals surface area contributed by atoms with E-state index in [1.807, 2.05) is 0 Å². The smallest absolute Gasteiger partial charge is 0.222 e. The zero-order chi connectivity index (χ0) is 10.1. The molecule has 2 heterocycles. The van der Waals surface area contributed by atoms with Crippen LogP contribution in [0.15, 0.2) is 0 Å². The van der Waals surface area contributed by atoms with Gasteiger partial charge in [-0.3, -0.25) is 4.79 Å². The normalized spacial score (nSPS) is 36.1. The van der Waals surface area contributed by atoms with Crippen molar-refractivity contribution in [2.24, 2.45) is 11.8 Å². The molecule has 80 valence electrons. The number of carbonyl (C=O) groups is 1. The third kappa shape index (κ3) is 1.54. The van der Waals surface area contributed by atoms with Crippen molar-refractivity contribution in [1.82, 2.24) is 10.2 Å². The molecule has 0 aromatic heterocycles. The highest BCUT2D eigenvalue weighted by molar-refractivity contribution is 5.76. The third-order valence-electron chi connectivity index (χ3n) is 3.72. The van der Waals surface area contributed by atoms with Gasteiger partial charge in [0.15, 0.2) is 0 Å². The number of carbonyl (C=O) groups excluding carboxylic acids is 1. The maximum atomic E-state index is 11.8. The van der Waals surface area contributed by atoms with Crippen molar-refractivity contribution in [3.63, 3.8) is 0 Å². The zero-order valence-corrected chi connectivity index (χ0v) is 9.12. The molecule has 0 aliphatic carbocycles. The summed E-state index contributed by atoms with van der Waals surface area (Å²) in [4.78, 5) is 13.9. The summed E-state index contributed by atoms with van der Waals surface area (Å²) in [5.41, 5.74) is 0. The first-order valence-corrected chi connectivity index (χ1v) is 5.74. The lowest BCUT2D eigenvalue weighted by Crippen LogP contribution is -2.37. The van der Waals surface area contributed by atoms with Crippen LogP contribution in [0.4, 0.5) is 0 Å². The quantitative estimate of drug-likeness (QED) is 0.710. The number of nitrogens with zero attached hydrogens (tertiary/aromatic N) is 1. The highest BCUT2D eigenvalue weighted by atomic mass is 16.2. The maximum Gasteiger partial charge on any atom is 0.222 e. The summed E-state index contributed by atoms with van der Waals surface area (Å²) >= 11 is 0. The van der Waals surface area contributed by atoms with Gasteiger partial charge in [-0.15, -0.1) is 0 Å². The van der Waals surface area contributed by atoms with E-state index in [1.54, 1.807) is 0 Å². The molecule has 14 heavy (non-hydrogen) atoms. The lowest BCUT2D eigenvalue weighted by Gasteiger charge is -2.24. The van der Waals surface area contributed by atoms with Crippen LogP contribution in [0.25, 0.3) is 0 Å². The summed E-state index contributed by atoms with van der Waals surface area (Å²) in [6, 6.07) is 0.453. The molecule has 0 aromatic rings. The Morgan fingerprint density at radius 2 is 2.29 bits per heavy atom. The standard InChI is InChI=1S/C11H20N2O/c1-3-4-11(14)13-7-9-5-12-6-10(9)8(13)2/h8-10,12H,3-7H2,1-2H3. The van der Waals surface area contributed by atoms with Gasteiger partial charge in [-0.1, -0.05) is 6.92 Å². The van der Waals surface area contributed by atoms with Gasteiger partial charge in [0, 0.05) is 32.1 Å². The van der Waals surface area contributed by atoms with E-state index in [9.17, 15) is 4.79 Å². The average molecular weight is 196 g/mol. The molecule has 2 saturated heterocycles. The van der Waals surface area contributed by atoms with Crippen LogP contribution < -0.4 is 5.32 Å². The molecular formula is C11H20N2O. The largest absolute Gasteiger partial charge is 0.339 e. The Labute approximate surface area is 85.8 Å². The first kappa shape index (κ1) is 9.97. The summed E-state index contributed by atoms with van der Waals surface area (Å²) in [6.07, 6.45) is 1.69. The van der Waals surface area contributed by atoms with E-state index in [4.69, 9.17) is 0 Å². The van der Waals surface area contributed by atoms with Crippen LogP contribution in [0.1, 0.15) is 26.7 Å². The van der Waals surface area contributed by atoms with Gasteiger partial charge in [0.05, 0.1) is 0 Å². The van der Waals surface area contributed by atoms with E-state index < -0.39 is 0 Å². The van der Waals surface area contributed by atoms with Crippen molar-refractivity contribution in [3.05, 3.63) is 0 Å². The first-order chi connectivity index (χ1) is 6.74. The molecule has 3 atom stereocenters. The minimum Gasteiger partial charge on any atom is -0.339 e. The van der Waals surface area contributed by atoms with Crippen molar-refractivity contribution >= 4 is 5.91 Å². The van der Waals surface area contributed by atoms with Crippen molar-refractivity contribution < 1.29 is 4.79 Å². The van der Waals surface area contributed by atoms with Gasteiger partial charge in [-0.05, 0) is 25.2 Å². The highest BCUT2D eigenvalue weighted by Gasteiger charge is 2.43. The predicted octanol–water partition coefficient (Wildman–Crippen LogP) is 0.853. The van der Waals surface area contributed by atoms with Crippen LogP contribution in [0.2, 0.25) is 0 Å². The van der Waals surface area contributed by atoms with E-state index in [1.165, 1.54) is 0 Å². The molecule has 0 aromatic carbocycles. The molecule has 2 aliphatic rings. The molecule has 3 heteroatoms. The summed E-state index contributed by atoms with van der Waals surface area (Å²) < 4.78 is 0. The summed E-state index contributed by atoms with van der Waals surface area (Å²) in [5.74, 6) is 1.77. The van der Waals surface area contributed by atoms with E-state index in [0.29, 0.717) is 23.8 Å². The Morgan fingerprint density at radius 1 is 1.50 bits per heavy atom. The molecule has 0 saturated carbocycles. The van der Waals surface area contributed by atoms with Gasteiger partial charge in [-0.25, -0.2) is 0 Å². The van der Waals surface area contributed by atoms with Crippen molar-refractivity contribution in [2.45, 2.75) is 32.7 Å². The van der Waals surface area contributed by atoms with Gasteiger partial charge in [0.25, 0.3) is 0 Å². The van der Waals surface area contributed by atoms with Crippen LogP contribution in [-0.2, 0) is 4.79 Å². The summed E-state index contributed by atoms with van der Waals surface area (Å²) in [6.45, 7) is 7.45. The van der Waals surface area contributed by atoms with Crippen LogP contribution in [0.5, 0.6) is 0 Å². The van der Waals surface area contributed by atoms with Gasteiger partial charge in [0.2, 0.25) is 5.91 Å². The molecule has 0 spiro atoms. The number of nitrogens with one attached hydrogen (secondary N) is 1. The number of rotatable bonds is 2. The van der Waals surface area contributed by atoms with Gasteiger partial charge in [0.1, 0.15) is 0 Å². The number of likely N-dealkylation sites (tertiary alicyclic amines) is 1. The lowest BCUT2D eigenvalue weighted by molar-refractivity contribution is -0.132. The molecular weight excluding hydrogens is 176 g/mol. The minimum absolute atomic E-state index is 0.356. The Morgan fingerprint density at radius 3 is 2.93 bits per heavy atom. The Balaban J connectivity index is 1.99. The van der Waals surface area contributed by atoms with Gasteiger partial charge in [-0.2, -0.15) is 0 Å². The second-order valence-corrected chi connectivity index (χ2v) is 4.62. The molecule has 1 amide bonds. The maximum absolute atomic E-state index is 11.8. The van der Waals surface area contributed by atoms with E-state index >= 15 is 0 Å². The van der Waals surface area contributed by atoms with Crippen LogP contribution in [0, 0.1) is 11.8 Å². The molecule has 1 N–H and O–H groups in total. The molecule has 3 unspecified atom stereocenters. The Bertz CT molecular complexity index is 229. The summed E-state index contributed by atoms with van der Waals surface area (Å²) in [7, 11) is 0. The topological polar surface area (TPSA) is 32.3 Å². The SMILES string of the molecule is CCCC(=O)N1CC2CNCC2C1C. The highest BCUT2D eigenvalue weighted by Crippen LogP contribution is 2.32. The van der Waals surface area contributed by atoms with Crippen molar-refractivity contribution in [2.75, 3.05) is 19.6 Å². The van der Waals surface area contributed by atoms with Crippen molar-refractivity contribution in [3.8, 4) is 0 Å². The average Bonchev–Trinajstić information content (AvgIpc) is 2.69. The van der Waals surface area contributed by atoms with E-state index in [2.05, 4.69) is 24.1 Å². The molecule has 0 bridgehead atoms. The fraction of sp³-hybridized carbons (Fsp3) is 0.909. The Hall–Kier alpha value is -0.570.